The SMILES string of the molecule is N#Cc1cnc(C(F)(F)F)c(OC(F)(F)F)c1CN. The topological polar surface area (TPSA) is 71.9 Å². The van der Waals surface area contributed by atoms with Crippen LogP contribution in [0.15, 0.2) is 6.20 Å². The molecule has 0 aliphatic rings. The Morgan fingerprint density at radius 2 is 1.84 bits per heavy atom. The van der Waals surface area contributed by atoms with E-state index in [0.29, 0.717) is 6.20 Å². The van der Waals surface area contributed by atoms with Crippen molar-refractivity contribution in [2.24, 2.45) is 5.73 Å². The summed E-state index contributed by atoms with van der Waals surface area (Å²) in [5.41, 5.74) is 1.95. The molecule has 0 spiro atoms. The first-order valence-corrected chi connectivity index (χ1v) is 4.55. The smallest absolute Gasteiger partial charge is 0.403 e. The second kappa shape index (κ2) is 4.93. The minimum atomic E-state index is -5.36. The molecule has 0 aliphatic heterocycles. The standard InChI is InChI=1S/C9H5F6N3O/c10-8(11,12)7-6(19-9(13,14)15)5(2-17)4(1-16)3-18-7/h3H,2,17H2. The van der Waals surface area contributed by atoms with E-state index in [0.717, 1.165) is 0 Å². The summed E-state index contributed by atoms with van der Waals surface area (Å²) in [6.07, 6.45) is -10.0. The molecule has 0 atom stereocenters. The molecule has 0 bridgehead atoms. The second-order valence-corrected chi connectivity index (χ2v) is 3.19. The zero-order chi connectivity index (χ0) is 14.8. The summed E-state index contributed by atoms with van der Waals surface area (Å²) in [5, 5.41) is 8.60. The number of aromatic nitrogens is 1. The van der Waals surface area contributed by atoms with Crippen molar-refractivity contribution in [3.63, 3.8) is 0 Å². The molecule has 1 aromatic heterocycles. The molecular weight excluding hydrogens is 280 g/mol. The second-order valence-electron chi connectivity index (χ2n) is 3.19. The molecule has 19 heavy (non-hydrogen) atoms. The fourth-order valence-electron chi connectivity index (χ4n) is 1.26. The molecule has 0 aliphatic carbocycles. The summed E-state index contributed by atoms with van der Waals surface area (Å²) in [6, 6.07) is 1.39. The van der Waals surface area contributed by atoms with Crippen molar-refractivity contribution in [2.45, 2.75) is 19.1 Å². The molecular formula is C9H5F6N3O. The van der Waals surface area contributed by atoms with Gasteiger partial charge in [0.15, 0.2) is 11.4 Å². The van der Waals surface area contributed by atoms with E-state index in [2.05, 4.69) is 9.72 Å². The van der Waals surface area contributed by atoms with Crippen LogP contribution in [0, 0.1) is 11.3 Å². The highest BCUT2D eigenvalue weighted by molar-refractivity contribution is 5.48. The van der Waals surface area contributed by atoms with E-state index < -0.39 is 41.7 Å². The van der Waals surface area contributed by atoms with E-state index >= 15 is 0 Å². The molecule has 0 fully saturated rings. The lowest BCUT2D eigenvalue weighted by molar-refractivity contribution is -0.276. The van der Waals surface area contributed by atoms with E-state index in [1.165, 1.54) is 6.07 Å². The highest BCUT2D eigenvalue weighted by Gasteiger charge is 2.42. The number of rotatable bonds is 2. The Hall–Kier alpha value is -2.02. The third-order valence-corrected chi connectivity index (χ3v) is 1.95. The van der Waals surface area contributed by atoms with Gasteiger partial charge >= 0.3 is 12.5 Å². The number of hydrogen-bond acceptors (Lipinski definition) is 4. The Kier molecular flexibility index (Phi) is 3.90. The summed E-state index contributed by atoms with van der Waals surface area (Å²) in [5.74, 6) is -1.60. The quantitative estimate of drug-likeness (QED) is 0.846. The van der Waals surface area contributed by atoms with Crippen molar-refractivity contribution >= 4 is 0 Å². The fourth-order valence-corrected chi connectivity index (χ4v) is 1.26. The normalized spacial score (nSPS) is 12.1. The number of pyridine rings is 1. The zero-order valence-corrected chi connectivity index (χ0v) is 8.93. The molecule has 2 N–H and O–H groups in total. The fraction of sp³-hybridized carbons (Fsp3) is 0.333. The van der Waals surface area contributed by atoms with Crippen molar-refractivity contribution < 1.29 is 31.1 Å². The maximum Gasteiger partial charge on any atom is 0.573 e. The minimum Gasteiger partial charge on any atom is -0.403 e. The highest BCUT2D eigenvalue weighted by atomic mass is 19.4. The van der Waals surface area contributed by atoms with Gasteiger partial charge < -0.3 is 10.5 Å². The maximum atomic E-state index is 12.5. The van der Waals surface area contributed by atoms with Crippen LogP contribution in [0.25, 0.3) is 0 Å². The number of hydrogen-bond donors (Lipinski definition) is 1. The van der Waals surface area contributed by atoms with Crippen molar-refractivity contribution in [1.82, 2.24) is 4.98 Å². The minimum absolute atomic E-state index is 0.494. The number of nitrogens with two attached hydrogens (primary N) is 1. The molecule has 1 heterocycles. The van der Waals surface area contributed by atoms with Crippen LogP contribution in [-0.2, 0) is 12.7 Å². The largest absolute Gasteiger partial charge is 0.573 e. The van der Waals surface area contributed by atoms with Crippen molar-refractivity contribution in [2.75, 3.05) is 0 Å². The monoisotopic (exact) mass is 285 g/mol. The number of ether oxygens (including phenoxy) is 1. The predicted molar refractivity (Wildman–Crippen MR) is 48.5 cm³/mol. The van der Waals surface area contributed by atoms with Crippen LogP contribution in [0.5, 0.6) is 5.75 Å². The summed E-state index contributed by atoms with van der Waals surface area (Å²) in [7, 11) is 0. The predicted octanol–water partition coefficient (Wildman–Crippen LogP) is 2.33. The summed E-state index contributed by atoms with van der Waals surface area (Å²) in [6.45, 7) is -0.736. The molecule has 0 saturated heterocycles. The van der Waals surface area contributed by atoms with Crippen LogP contribution in [0.2, 0.25) is 0 Å². The van der Waals surface area contributed by atoms with Crippen LogP contribution >= 0.6 is 0 Å². The Bertz CT molecular complexity index is 516. The van der Waals surface area contributed by atoms with E-state index in [4.69, 9.17) is 11.0 Å². The van der Waals surface area contributed by atoms with Crippen LogP contribution in [0.4, 0.5) is 26.3 Å². The van der Waals surface area contributed by atoms with Gasteiger partial charge in [0.25, 0.3) is 0 Å². The number of nitriles is 1. The van der Waals surface area contributed by atoms with Gasteiger partial charge in [0, 0.05) is 18.3 Å². The molecule has 1 rings (SSSR count). The Labute approximate surface area is 102 Å². The first-order valence-electron chi connectivity index (χ1n) is 4.55. The van der Waals surface area contributed by atoms with Crippen LogP contribution < -0.4 is 10.5 Å². The van der Waals surface area contributed by atoms with E-state index in [-0.39, 0.29) is 0 Å². The Morgan fingerprint density at radius 1 is 1.26 bits per heavy atom. The molecule has 10 heteroatoms. The van der Waals surface area contributed by atoms with Crippen molar-refractivity contribution in [3.8, 4) is 11.8 Å². The molecule has 104 valence electrons. The first-order chi connectivity index (χ1) is 8.60. The first kappa shape index (κ1) is 15.0. The summed E-state index contributed by atoms with van der Waals surface area (Å²) in [4.78, 5) is 2.79. The summed E-state index contributed by atoms with van der Waals surface area (Å²) >= 11 is 0. The Morgan fingerprint density at radius 3 is 2.21 bits per heavy atom. The van der Waals surface area contributed by atoms with Gasteiger partial charge in [0.2, 0.25) is 0 Å². The molecule has 0 aromatic carbocycles. The Balaban J connectivity index is 3.55. The molecule has 1 aromatic rings. The lowest BCUT2D eigenvalue weighted by Gasteiger charge is -2.17. The van der Waals surface area contributed by atoms with Crippen molar-refractivity contribution in [3.05, 3.63) is 23.0 Å². The molecule has 0 saturated carbocycles. The van der Waals surface area contributed by atoms with Gasteiger partial charge in [0.1, 0.15) is 6.07 Å². The average Bonchev–Trinajstić information content (AvgIpc) is 2.24. The highest BCUT2D eigenvalue weighted by Crippen LogP contribution is 2.39. The average molecular weight is 285 g/mol. The number of alkyl halides is 6. The van der Waals surface area contributed by atoms with Gasteiger partial charge in [-0.1, -0.05) is 0 Å². The van der Waals surface area contributed by atoms with E-state index in [1.54, 1.807) is 0 Å². The third kappa shape index (κ3) is 3.47. The molecule has 4 nitrogen and oxygen atoms in total. The van der Waals surface area contributed by atoms with E-state index in [1.807, 2.05) is 0 Å². The van der Waals surface area contributed by atoms with Gasteiger partial charge in [-0.2, -0.15) is 18.4 Å². The van der Waals surface area contributed by atoms with Crippen LogP contribution in [0.1, 0.15) is 16.8 Å². The number of nitrogens with zero attached hydrogens (tertiary/aromatic N) is 2. The number of halogens is 6. The van der Waals surface area contributed by atoms with Gasteiger partial charge in [-0.15, -0.1) is 13.2 Å². The summed E-state index contributed by atoms with van der Waals surface area (Å²) < 4.78 is 77.3. The molecule has 0 radical (unpaired) electrons. The lowest BCUT2D eigenvalue weighted by atomic mass is 10.1. The van der Waals surface area contributed by atoms with Crippen LogP contribution in [0.3, 0.4) is 0 Å². The zero-order valence-electron chi connectivity index (χ0n) is 8.93. The van der Waals surface area contributed by atoms with E-state index in [9.17, 15) is 26.3 Å². The van der Waals surface area contributed by atoms with Gasteiger partial charge in [-0.05, 0) is 0 Å². The third-order valence-electron chi connectivity index (χ3n) is 1.95. The van der Waals surface area contributed by atoms with Crippen LogP contribution in [-0.4, -0.2) is 11.3 Å². The maximum absolute atomic E-state index is 12.5. The van der Waals surface area contributed by atoms with Gasteiger partial charge in [-0.3, -0.25) is 0 Å². The molecule has 0 amide bonds. The molecule has 0 unspecified atom stereocenters. The van der Waals surface area contributed by atoms with Gasteiger partial charge in [-0.25, -0.2) is 4.98 Å². The van der Waals surface area contributed by atoms with Crippen molar-refractivity contribution in [1.29, 1.82) is 5.26 Å². The lowest BCUT2D eigenvalue weighted by Crippen LogP contribution is -2.23. The van der Waals surface area contributed by atoms with Gasteiger partial charge in [0.05, 0.1) is 5.56 Å².